The molecular weight excluding hydrogens is 466 g/mol. The van der Waals surface area contributed by atoms with E-state index in [1.54, 1.807) is 22.9 Å². The lowest BCUT2D eigenvalue weighted by atomic mass is 10.1. The maximum Gasteiger partial charge on any atom is 0.271 e. The van der Waals surface area contributed by atoms with Gasteiger partial charge in [0.2, 0.25) is 0 Å². The van der Waals surface area contributed by atoms with Crippen LogP contribution in [0.5, 0.6) is 0 Å². The molecule has 1 aromatic carbocycles. The molecule has 1 fully saturated rings. The Labute approximate surface area is 182 Å². The number of sulfonamides is 2. The number of carbonyl (C=O) groups excluding carboxylic acids is 1. The minimum absolute atomic E-state index is 0.0794. The lowest BCUT2D eigenvalue weighted by Gasteiger charge is -2.13. The van der Waals surface area contributed by atoms with Crippen molar-refractivity contribution >= 4 is 60.0 Å². The molecule has 0 saturated heterocycles. The van der Waals surface area contributed by atoms with Gasteiger partial charge in [0.1, 0.15) is 8.42 Å². The van der Waals surface area contributed by atoms with Crippen molar-refractivity contribution in [3.05, 3.63) is 58.8 Å². The third kappa shape index (κ3) is 4.83. The van der Waals surface area contributed by atoms with Crippen molar-refractivity contribution in [2.24, 2.45) is 0 Å². The Balaban J connectivity index is 1.68. The number of benzene rings is 1. The van der Waals surface area contributed by atoms with Crippen LogP contribution in [0, 0.1) is 0 Å². The Morgan fingerprint density at radius 1 is 0.833 bits per heavy atom. The number of thiophene rings is 2. The lowest BCUT2D eigenvalue weighted by molar-refractivity contribution is 0.0951. The Kier molecular flexibility index (Phi) is 5.57. The van der Waals surface area contributed by atoms with Gasteiger partial charge in [-0.15, -0.1) is 22.7 Å². The quantitative estimate of drug-likeness (QED) is 0.454. The Bertz CT molecular complexity index is 1180. The van der Waals surface area contributed by atoms with Crippen molar-refractivity contribution in [2.75, 3.05) is 9.44 Å². The molecule has 0 aliphatic heterocycles. The summed E-state index contributed by atoms with van der Waals surface area (Å²) < 4.78 is 55.4. The minimum atomic E-state index is -3.87. The predicted octanol–water partition coefficient (Wildman–Crippen LogP) is 3.30. The van der Waals surface area contributed by atoms with Gasteiger partial charge in [0, 0.05) is 11.6 Å². The summed E-state index contributed by atoms with van der Waals surface area (Å²) in [6, 6.07) is 10.3. The molecule has 4 rings (SSSR count). The van der Waals surface area contributed by atoms with Crippen LogP contribution in [0.4, 0.5) is 11.4 Å². The van der Waals surface area contributed by atoms with E-state index >= 15 is 0 Å². The first-order valence-electron chi connectivity index (χ1n) is 8.81. The SMILES string of the molecule is O=C(NC1CC1)c1cc(NS(=O)(=O)c2cccs2)cc(NS(=O)(=O)c2cccs2)c1. The van der Waals surface area contributed by atoms with Gasteiger partial charge in [-0.05, 0) is 53.9 Å². The molecule has 0 radical (unpaired) electrons. The van der Waals surface area contributed by atoms with Crippen LogP contribution in [0.2, 0.25) is 0 Å². The van der Waals surface area contributed by atoms with Crippen LogP contribution in [0.1, 0.15) is 23.2 Å². The monoisotopic (exact) mass is 483 g/mol. The maximum atomic E-state index is 12.6. The molecule has 0 atom stereocenters. The molecule has 2 aromatic heterocycles. The van der Waals surface area contributed by atoms with E-state index in [1.165, 1.54) is 30.3 Å². The topological polar surface area (TPSA) is 121 Å². The molecule has 3 N–H and O–H groups in total. The van der Waals surface area contributed by atoms with Crippen molar-refractivity contribution in [1.82, 2.24) is 5.32 Å². The summed E-state index contributed by atoms with van der Waals surface area (Å²) >= 11 is 2.10. The summed E-state index contributed by atoms with van der Waals surface area (Å²) in [5.74, 6) is -0.397. The van der Waals surface area contributed by atoms with Gasteiger partial charge >= 0.3 is 0 Å². The number of hydrogen-bond donors (Lipinski definition) is 3. The third-order valence-corrected chi connectivity index (χ3v) is 9.69. The van der Waals surface area contributed by atoms with Gasteiger partial charge in [-0.2, -0.15) is 0 Å². The molecule has 12 heteroatoms. The summed E-state index contributed by atoms with van der Waals surface area (Å²) in [4.78, 5) is 12.5. The molecule has 0 unspecified atom stereocenters. The highest BCUT2D eigenvalue weighted by Crippen LogP contribution is 2.27. The molecule has 3 aromatic rings. The molecule has 1 aliphatic rings. The van der Waals surface area contributed by atoms with Gasteiger partial charge < -0.3 is 5.32 Å². The first-order valence-corrected chi connectivity index (χ1v) is 13.5. The number of nitrogens with one attached hydrogen (secondary N) is 3. The zero-order valence-electron chi connectivity index (χ0n) is 15.4. The Morgan fingerprint density at radius 3 is 1.73 bits per heavy atom. The summed E-state index contributed by atoms with van der Waals surface area (Å²) in [6.45, 7) is 0. The van der Waals surface area contributed by atoms with Gasteiger partial charge in [-0.25, -0.2) is 16.8 Å². The van der Waals surface area contributed by atoms with E-state index in [0.717, 1.165) is 35.5 Å². The summed E-state index contributed by atoms with van der Waals surface area (Å²) in [6.07, 6.45) is 1.77. The average molecular weight is 484 g/mol. The van der Waals surface area contributed by atoms with E-state index in [9.17, 15) is 21.6 Å². The van der Waals surface area contributed by atoms with Gasteiger partial charge in [0.05, 0.1) is 11.4 Å². The molecule has 0 spiro atoms. The molecular formula is C18H17N3O5S4. The van der Waals surface area contributed by atoms with E-state index in [1.807, 2.05) is 0 Å². The number of rotatable bonds is 8. The molecule has 1 saturated carbocycles. The van der Waals surface area contributed by atoms with Crippen molar-refractivity contribution in [3.8, 4) is 0 Å². The van der Waals surface area contributed by atoms with Crippen LogP contribution in [-0.2, 0) is 20.0 Å². The van der Waals surface area contributed by atoms with E-state index in [4.69, 9.17) is 0 Å². The number of carbonyl (C=O) groups is 1. The molecule has 158 valence electrons. The second-order valence-electron chi connectivity index (χ2n) is 6.62. The summed E-state index contributed by atoms with van der Waals surface area (Å²) in [7, 11) is -7.73. The summed E-state index contributed by atoms with van der Waals surface area (Å²) in [5, 5.41) is 6.08. The molecule has 2 heterocycles. The molecule has 30 heavy (non-hydrogen) atoms. The van der Waals surface area contributed by atoms with Crippen LogP contribution in [0.15, 0.2) is 61.6 Å². The fourth-order valence-corrected chi connectivity index (χ4v) is 6.68. The van der Waals surface area contributed by atoms with Gasteiger partial charge in [0.25, 0.3) is 26.0 Å². The number of amides is 1. The van der Waals surface area contributed by atoms with Crippen molar-refractivity contribution < 1.29 is 21.6 Å². The Hall–Kier alpha value is -2.41. The largest absolute Gasteiger partial charge is 0.349 e. The fourth-order valence-electron chi connectivity index (χ4n) is 2.62. The molecule has 1 amide bonds. The van der Waals surface area contributed by atoms with Crippen LogP contribution in [-0.4, -0.2) is 28.8 Å². The zero-order valence-corrected chi connectivity index (χ0v) is 18.6. The molecule has 1 aliphatic carbocycles. The van der Waals surface area contributed by atoms with E-state index in [2.05, 4.69) is 14.8 Å². The lowest BCUT2D eigenvalue weighted by Crippen LogP contribution is -2.25. The number of hydrogen-bond acceptors (Lipinski definition) is 7. The van der Waals surface area contributed by atoms with E-state index in [0.29, 0.717) is 0 Å². The first-order chi connectivity index (χ1) is 14.2. The average Bonchev–Trinajstić information content (AvgIpc) is 3.16. The fraction of sp³-hybridized carbons (Fsp3) is 0.167. The normalized spacial score (nSPS) is 14.3. The first kappa shape index (κ1) is 20.8. The predicted molar refractivity (Wildman–Crippen MR) is 117 cm³/mol. The standard InChI is InChI=1S/C18H17N3O5S4/c22-18(19-13-5-6-13)12-9-14(20-29(23,24)16-3-1-7-27-16)11-15(10-12)21-30(25,26)17-4-2-8-28-17/h1-4,7-11,13,20-21H,5-6H2,(H,19,22). The van der Waals surface area contributed by atoms with Crippen LogP contribution < -0.4 is 14.8 Å². The van der Waals surface area contributed by atoms with Crippen molar-refractivity contribution in [1.29, 1.82) is 0 Å². The van der Waals surface area contributed by atoms with Crippen LogP contribution in [0.25, 0.3) is 0 Å². The van der Waals surface area contributed by atoms with Crippen LogP contribution in [0.3, 0.4) is 0 Å². The maximum absolute atomic E-state index is 12.6. The molecule has 0 bridgehead atoms. The minimum Gasteiger partial charge on any atom is -0.349 e. The second-order valence-corrected chi connectivity index (χ2v) is 12.3. The molecule has 8 nitrogen and oxygen atoms in total. The summed E-state index contributed by atoms with van der Waals surface area (Å²) in [5.41, 5.74) is 0.309. The van der Waals surface area contributed by atoms with Gasteiger partial charge in [-0.3, -0.25) is 14.2 Å². The van der Waals surface area contributed by atoms with E-state index < -0.39 is 26.0 Å². The van der Waals surface area contributed by atoms with Crippen molar-refractivity contribution in [3.63, 3.8) is 0 Å². The van der Waals surface area contributed by atoms with Gasteiger partial charge in [0.15, 0.2) is 0 Å². The third-order valence-electron chi connectivity index (χ3n) is 4.13. The number of anilines is 2. The second kappa shape index (κ2) is 8.02. The highest BCUT2D eigenvalue weighted by Gasteiger charge is 2.25. The van der Waals surface area contributed by atoms with Crippen LogP contribution >= 0.6 is 22.7 Å². The van der Waals surface area contributed by atoms with Crippen molar-refractivity contribution in [2.45, 2.75) is 27.3 Å². The highest BCUT2D eigenvalue weighted by molar-refractivity contribution is 7.95. The smallest absolute Gasteiger partial charge is 0.271 e. The zero-order chi connectivity index (χ0) is 21.4. The highest BCUT2D eigenvalue weighted by atomic mass is 32.3. The van der Waals surface area contributed by atoms with Gasteiger partial charge in [-0.1, -0.05) is 12.1 Å². The Morgan fingerprint density at radius 2 is 1.33 bits per heavy atom. The van der Waals surface area contributed by atoms with E-state index in [-0.39, 0.29) is 31.4 Å².